The molecule has 0 saturated carbocycles. The number of ether oxygens (including phenoxy) is 1. The van der Waals surface area contributed by atoms with E-state index in [1.807, 2.05) is 17.9 Å². The van der Waals surface area contributed by atoms with Gasteiger partial charge in [0.1, 0.15) is 5.75 Å². The van der Waals surface area contributed by atoms with Crippen molar-refractivity contribution < 1.29 is 9.53 Å². The lowest BCUT2D eigenvalue weighted by molar-refractivity contribution is 0.0742. The van der Waals surface area contributed by atoms with Gasteiger partial charge in [-0.05, 0) is 12.8 Å². The second kappa shape index (κ2) is 5.67. The minimum atomic E-state index is -0.293. The number of nitrogens with one attached hydrogen (secondary N) is 1. The van der Waals surface area contributed by atoms with E-state index in [1.165, 1.54) is 25.1 Å². The van der Waals surface area contributed by atoms with E-state index < -0.39 is 0 Å². The molecule has 22 heavy (non-hydrogen) atoms. The molecule has 116 valence electrons. The number of amides is 1. The van der Waals surface area contributed by atoms with E-state index in [2.05, 4.69) is 10.1 Å². The standard InChI is InChI=1S/C15H18N4O3/c1-18-12-4-3-5-19(9-10(12)7-17-18)15(21)11-8-16-14(20)6-13(11)22-2/h6-8H,3-5,9H2,1-2H3,(H,16,20). The molecule has 1 aliphatic heterocycles. The van der Waals surface area contributed by atoms with Gasteiger partial charge in [-0.15, -0.1) is 0 Å². The molecular formula is C15H18N4O3. The number of rotatable bonds is 2. The molecule has 0 saturated heterocycles. The lowest BCUT2D eigenvalue weighted by Crippen LogP contribution is -2.31. The van der Waals surface area contributed by atoms with Crippen LogP contribution >= 0.6 is 0 Å². The molecule has 7 heteroatoms. The Morgan fingerprint density at radius 3 is 3.05 bits per heavy atom. The van der Waals surface area contributed by atoms with Crippen LogP contribution in [0.25, 0.3) is 0 Å². The summed E-state index contributed by atoms with van der Waals surface area (Å²) in [6.07, 6.45) is 5.01. The van der Waals surface area contributed by atoms with Crippen LogP contribution < -0.4 is 10.3 Å². The Balaban J connectivity index is 1.91. The van der Waals surface area contributed by atoms with Gasteiger partial charge in [0.15, 0.2) is 0 Å². The first-order valence-corrected chi connectivity index (χ1v) is 7.16. The van der Waals surface area contributed by atoms with Crippen molar-refractivity contribution in [2.24, 2.45) is 7.05 Å². The van der Waals surface area contributed by atoms with Gasteiger partial charge in [0.2, 0.25) is 0 Å². The molecule has 0 bridgehead atoms. The molecule has 0 radical (unpaired) electrons. The number of methoxy groups -OCH3 is 1. The van der Waals surface area contributed by atoms with E-state index in [0.29, 0.717) is 24.4 Å². The molecule has 0 aliphatic carbocycles. The number of fused-ring (bicyclic) bond motifs is 1. The second-order valence-electron chi connectivity index (χ2n) is 5.35. The van der Waals surface area contributed by atoms with Crippen molar-refractivity contribution in [1.29, 1.82) is 0 Å². The molecule has 0 aromatic carbocycles. The summed E-state index contributed by atoms with van der Waals surface area (Å²) in [6, 6.07) is 1.29. The van der Waals surface area contributed by atoms with Gasteiger partial charge < -0.3 is 14.6 Å². The fourth-order valence-electron chi connectivity index (χ4n) is 2.82. The summed E-state index contributed by atoms with van der Waals surface area (Å²) in [6.45, 7) is 1.18. The van der Waals surface area contributed by atoms with E-state index in [4.69, 9.17) is 4.74 Å². The molecular weight excluding hydrogens is 284 g/mol. The minimum absolute atomic E-state index is 0.148. The Kier molecular flexibility index (Phi) is 3.70. The average Bonchev–Trinajstić information content (AvgIpc) is 2.74. The summed E-state index contributed by atoms with van der Waals surface area (Å²) in [4.78, 5) is 28.4. The second-order valence-corrected chi connectivity index (χ2v) is 5.35. The summed E-state index contributed by atoms with van der Waals surface area (Å²) >= 11 is 0. The summed E-state index contributed by atoms with van der Waals surface area (Å²) in [5.41, 5.74) is 2.31. The number of pyridine rings is 1. The fraction of sp³-hybridized carbons (Fsp3) is 0.400. The van der Waals surface area contributed by atoms with Crippen molar-refractivity contribution in [3.05, 3.63) is 45.6 Å². The molecule has 0 spiro atoms. The molecule has 3 rings (SSSR count). The number of hydrogen-bond donors (Lipinski definition) is 1. The van der Waals surface area contributed by atoms with Crippen LogP contribution in [0.15, 0.2) is 23.3 Å². The molecule has 0 unspecified atom stereocenters. The third-order valence-electron chi connectivity index (χ3n) is 3.97. The van der Waals surface area contributed by atoms with Gasteiger partial charge in [0.25, 0.3) is 11.5 Å². The number of aromatic amines is 1. The first-order chi connectivity index (χ1) is 10.6. The largest absolute Gasteiger partial charge is 0.496 e. The summed E-state index contributed by atoms with van der Waals surface area (Å²) in [5.74, 6) is 0.147. The number of hydrogen-bond acceptors (Lipinski definition) is 4. The molecule has 1 N–H and O–H groups in total. The van der Waals surface area contributed by atoms with Crippen LogP contribution in [0.3, 0.4) is 0 Å². The Bertz CT molecular complexity index is 762. The normalized spacial score (nSPS) is 14.4. The van der Waals surface area contributed by atoms with Crippen LogP contribution in [0.5, 0.6) is 5.75 Å². The first kappa shape index (κ1) is 14.4. The van der Waals surface area contributed by atoms with Gasteiger partial charge in [-0.2, -0.15) is 5.10 Å². The van der Waals surface area contributed by atoms with E-state index in [0.717, 1.165) is 18.4 Å². The third kappa shape index (κ3) is 2.49. The van der Waals surface area contributed by atoms with Crippen LogP contribution in [0.4, 0.5) is 0 Å². The maximum atomic E-state index is 12.8. The number of H-pyrrole nitrogens is 1. The van der Waals surface area contributed by atoms with Crippen LogP contribution in [0.1, 0.15) is 28.0 Å². The molecule has 2 aromatic rings. The maximum absolute atomic E-state index is 12.8. The Morgan fingerprint density at radius 1 is 1.45 bits per heavy atom. The number of nitrogens with zero attached hydrogens (tertiary/aromatic N) is 3. The Morgan fingerprint density at radius 2 is 2.27 bits per heavy atom. The highest BCUT2D eigenvalue weighted by molar-refractivity contribution is 5.96. The van der Waals surface area contributed by atoms with Gasteiger partial charge in [0.05, 0.1) is 18.9 Å². The zero-order valence-electron chi connectivity index (χ0n) is 12.6. The molecule has 1 amide bonds. The van der Waals surface area contributed by atoms with Gasteiger partial charge in [-0.1, -0.05) is 0 Å². The molecule has 2 aromatic heterocycles. The number of aromatic nitrogens is 3. The minimum Gasteiger partial charge on any atom is -0.496 e. The van der Waals surface area contributed by atoms with Crippen molar-refractivity contribution in [3.63, 3.8) is 0 Å². The molecule has 3 heterocycles. The van der Waals surface area contributed by atoms with E-state index >= 15 is 0 Å². The monoisotopic (exact) mass is 302 g/mol. The highest BCUT2D eigenvalue weighted by Gasteiger charge is 2.24. The van der Waals surface area contributed by atoms with Gasteiger partial charge in [-0.25, -0.2) is 0 Å². The molecule has 1 aliphatic rings. The van der Waals surface area contributed by atoms with Crippen molar-refractivity contribution in [2.75, 3.05) is 13.7 Å². The zero-order valence-corrected chi connectivity index (χ0v) is 12.6. The molecule has 7 nitrogen and oxygen atoms in total. The van der Waals surface area contributed by atoms with Crippen LogP contribution in [0.2, 0.25) is 0 Å². The highest BCUT2D eigenvalue weighted by Crippen LogP contribution is 2.22. The quantitative estimate of drug-likeness (QED) is 0.886. The smallest absolute Gasteiger partial charge is 0.259 e. The maximum Gasteiger partial charge on any atom is 0.259 e. The average molecular weight is 302 g/mol. The van der Waals surface area contributed by atoms with Crippen molar-refractivity contribution in [1.82, 2.24) is 19.7 Å². The van der Waals surface area contributed by atoms with Crippen LogP contribution in [-0.4, -0.2) is 39.2 Å². The molecule has 0 fully saturated rings. The topological polar surface area (TPSA) is 80.2 Å². The van der Waals surface area contributed by atoms with Gasteiger partial charge in [0, 0.05) is 43.7 Å². The molecule has 0 atom stereocenters. The number of carbonyl (C=O) groups is 1. The number of aryl methyl sites for hydroxylation is 1. The highest BCUT2D eigenvalue weighted by atomic mass is 16.5. The number of carbonyl (C=O) groups excluding carboxylic acids is 1. The summed E-state index contributed by atoms with van der Waals surface area (Å²) in [5, 5.41) is 4.26. The first-order valence-electron chi connectivity index (χ1n) is 7.16. The third-order valence-corrected chi connectivity index (χ3v) is 3.97. The Hall–Kier alpha value is -2.57. The fourth-order valence-corrected chi connectivity index (χ4v) is 2.82. The van der Waals surface area contributed by atoms with Gasteiger partial charge in [-0.3, -0.25) is 14.3 Å². The predicted molar refractivity (Wildman–Crippen MR) is 79.9 cm³/mol. The summed E-state index contributed by atoms with van der Waals surface area (Å²) in [7, 11) is 3.37. The van der Waals surface area contributed by atoms with Crippen LogP contribution in [-0.2, 0) is 20.0 Å². The zero-order chi connectivity index (χ0) is 15.7. The van der Waals surface area contributed by atoms with Crippen molar-refractivity contribution in [3.8, 4) is 5.75 Å². The van der Waals surface area contributed by atoms with Crippen LogP contribution in [0, 0.1) is 0 Å². The SMILES string of the molecule is COc1cc(=O)[nH]cc1C(=O)N1CCCc2c(cnn2C)C1. The van der Waals surface area contributed by atoms with E-state index in [9.17, 15) is 9.59 Å². The van der Waals surface area contributed by atoms with Crippen molar-refractivity contribution in [2.45, 2.75) is 19.4 Å². The van der Waals surface area contributed by atoms with Gasteiger partial charge >= 0.3 is 0 Å². The predicted octanol–water partition coefficient (Wildman–Crippen LogP) is 0.706. The van der Waals surface area contributed by atoms with E-state index in [-0.39, 0.29) is 11.5 Å². The van der Waals surface area contributed by atoms with E-state index in [1.54, 1.807) is 4.90 Å². The Labute approximate surface area is 127 Å². The van der Waals surface area contributed by atoms with Crippen molar-refractivity contribution >= 4 is 5.91 Å². The summed E-state index contributed by atoms with van der Waals surface area (Å²) < 4.78 is 7.02. The lowest BCUT2D eigenvalue weighted by atomic mass is 10.2. The lowest BCUT2D eigenvalue weighted by Gasteiger charge is -2.21.